The molecule has 0 N–H and O–H groups in total. The molecule has 4 nitrogen and oxygen atoms in total. The fraction of sp³-hybridized carbons (Fsp3) is 0.368. The van der Waals surface area contributed by atoms with Crippen molar-refractivity contribution in [1.82, 2.24) is 5.16 Å². The summed E-state index contributed by atoms with van der Waals surface area (Å²) in [6, 6.07) is 10.2. The molecule has 5 heteroatoms. The number of hydrogen-bond acceptors (Lipinski definition) is 5. The molecular weight excluding hydrogens is 320 g/mol. The molecule has 0 aliphatic carbocycles. The Bertz CT molecular complexity index is 775. The maximum atomic E-state index is 12.8. The lowest BCUT2D eigenvalue weighted by Crippen LogP contribution is -2.47. The first kappa shape index (κ1) is 16.8. The van der Waals surface area contributed by atoms with Crippen molar-refractivity contribution in [3.63, 3.8) is 0 Å². The molecule has 1 fully saturated rings. The van der Waals surface area contributed by atoms with Crippen molar-refractivity contribution in [2.45, 2.75) is 25.7 Å². The smallest absolute Gasteiger partial charge is 0.172 e. The van der Waals surface area contributed by atoms with Crippen LogP contribution in [0.4, 0.5) is 5.82 Å². The molecule has 0 amide bonds. The van der Waals surface area contributed by atoms with E-state index in [1.54, 1.807) is 11.8 Å². The molecule has 0 unspecified atom stereocenters. The van der Waals surface area contributed by atoms with Gasteiger partial charge < -0.3 is 9.42 Å². The normalized spacial score (nSPS) is 19.1. The monoisotopic (exact) mass is 342 g/mol. The van der Waals surface area contributed by atoms with E-state index in [2.05, 4.69) is 40.6 Å². The summed E-state index contributed by atoms with van der Waals surface area (Å²) in [5.74, 6) is 1.77. The third-order valence-electron chi connectivity index (χ3n) is 4.25. The van der Waals surface area contributed by atoms with Crippen molar-refractivity contribution in [2.75, 3.05) is 24.2 Å². The van der Waals surface area contributed by atoms with Gasteiger partial charge in [-0.15, -0.1) is 11.8 Å². The number of aryl methyl sites for hydroxylation is 1. The Morgan fingerprint density at radius 3 is 2.58 bits per heavy atom. The molecule has 0 bridgehead atoms. The zero-order valence-corrected chi connectivity index (χ0v) is 15.3. The van der Waals surface area contributed by atoms with E-state index in [4.69, 9.17) is 4.52 Å². The summed E-state index contributed by atoms with van der Waals surface area (Å²) < 4.78 is 5.19. The van der Waals surface area contributed by atoms with Gasteiger partial charge in [0.1, 0.15) is 5.76 Å². The number of Topliss-reactive ketones (excluding diaryl/α,β-unsaturated/α-hetero) is 1. The van der Waals surface area contributed by atoms with Crippen molar-refractivity contribution in [3.05, 3.63) is 47.2 Å². The van der Waals surface area contributed by atoms with Crippen LogP contribution in [0.2, 0.25) is 0 Å². The van der Waals surface area contributed by atoms with Crippen LogP contribution < -0.4 is 4.90 Å². The Kier molecular flexibility index (Phi) is 4.54. The molecule has 1 aromatic heterocycles. The number of rotatable bonds is 3. The average Bonchev–Trinajstić information content (AvgIpc) is 2.99. The van der Waals surface area contributed by atoms with Crippen molar-refractivity contribution in [3.8, 4) is 0 Å². The summed E-state index contributed by atoms with van der Waals surface area (Å²) in [6.07, 6.45) is 4.05. The molecular formula is C19H22N2O2S. The Morgan fingerprint density at radius 1 is 1.29 bits per heavy atom. The van der Waals surface area contributed by atoms with Crippen LogP contribution >= 0.6 is 11.8 Å². The highest BCUT2D eigenvalue weighted by Crippen LogP contribution is 2.32. The lowest BCUT2D eigenvalue weighted by molar-refractivity contribution is -0.123. The number of carbonyl (C=O) groups is 1. The van der Waals surface area contributed by atoms with E-state index >= 15 is 0 Å². The Labute approximate surface area is 146 Å². The van der Waals surface area contributed by atoms with E-state index < -0.39 is 5.41 Å². The minimum absolute atomic E-state index is 0.202. The zero-order chi connectivity index (χ0) is 17.3. The standard InChI is InChI=1S/C19H22N2O2S/c1-13-9-17(20-23-13)21-11-15(18(22)19(2,3)12-21)10-14-5-7-16(24-4)8-6-14/h5-10H,11-12H2,1-4H3/b15-10-. The second kappa shape index (κ2) is 6.48. The van der Waals surface area contributed by atoms with Crippen LogP contribution in [0.5, 0.6) is 0 Å². The topological polar surface area (TPSA) is 46.3 Å². The van der Waals surface area contributed by atoms with Gasteiger partial charge in [-0.1, -0.05) is 31.1 Å². The average molecular weight is 342 g/mol. The Morgan fingerprint density at radius 2 is 2.00 bits per heavy atom. The molecule has 1 saturated heterocycles. The third kappa shape index (κ3) is 3.41. The molecule has 1 aliphatic heterocycles. The second-order valence-electron chi connectivity index (χ2n) is 6.81. The number of aromatic nitrogens is 1. The minimum atomic E-state index is -0.448. The molecule has 2 aromatic rings. The quantitative estimate of drug-likeness (QED) is 0.618. The molecule has 0 atom stereocenters. The van der Waals surface area contributed by atoms with Crippen LogP contribution in [0, 0.1) is 12.3 Å². The van der Waals surface area contributed by atoms with Crippen LogP contribution in [-0.4, -0.2) is 30.3 Å². The van der Waals surface area contributed by atoms with Crippen molar-refractivity contribution >= 4 is 29.4 Å². The van der Waals surface area contributed by atoms with Crippen molar-refractivity contribution in [2.24, 2.45) is 5.41 Å². The van der Waals surface area contributed by atoms with E-state index in [1.807, 2.05) is 32.9 Å². The highest BCUT2D eigenvalue weighted by molar-refractivity contribution is 7.98. The SMILES string of the molecule is CSc1ccc(/C=C2/CN(c3cc(C)on3)CC(C)(C)C2=O)cc1. The summed E-state index contributed by atoms with van der Waals surface area (Å²) >= 11 is 1.71. The molecule has 126 valence electrons. The molecule has 1 aliphatic rings. The lowest BCUT2D eigenvalue weighted by Gasteiger charge is -2.38. The van der Waals surface area contributed by atoms with Gasteiger partial charge in [0.2, 0.25) is 0 Å². The lowest BCUT2D eigenvalue weighted by atomic mass is 9.79. The van der Waals surface area contributed by atoms with Gasteiger partial charge in [0.15, 0.2) is 11.6 Å². The van der Waals surface area contributed by atoms with Gasteiger partial charge in [-0.05, 0) is 37.0 Å². The number of hydrogen-bond donors (Lipinski definition) is 0. The number of benzene rings is 1. The van der Waals surface area contributed by atoms with E-state index in [1.165, 1.54) is 4.90 Å². The number of piperidine rings is 1. The highest BCUT2D eigenvalue weighted by Gasteiger charge is 2.38. The fourth-order valence-corrected chi connectivity index (χ4v) is 3.40. The van der Waals surface area contributed by atoms with Gasteiger partial charge in [-0.25, -0.2) is 0 Å². The molecule has 3 rings (SSSR count). The van der Waals surface area contributed by atoms with Crippen molar-refractivity contribution in [1.29, 1.82) is 0 Å². The summed E-state index contributed by atoms with van der Waals surface area (Å²) in [7, 11) is 0. The van der Waals surface area contributed by atoms with Gasteiger partial charge in [-0.2, -0.15) is 0 Å². The third-order valence-corrected chi connectivity index (χ3v) is 4.99. The Balaban J connectivity index is 1.92. The van der Waals surface area contributed by atoms with Crippen LogP contribution in [-0.2, 0) is 4.79 Å². The summed E-state index contributed by atoms with van der Waals surface area (Å²) in [6.45, 7) is 7.04. The summed E-state index contributed by atoms with van der Waals surface area (Å²) in [5, 5.41) is 4.10. The number of anilines is 1. The van der Waals surface area contributed by atoms with Crippen LogP contribution in [0.25, 0.3) is 6.08 Å². The largest absolute Gasteiger partial charge is 0.360 e. The maximum absolute atomic E-state index is 12.8. The first-order valence-electron chi connectivity index (χ1n) is 7.97. The van der Waals surface area contributed by atoms with E-state index in [0.717, 1.165) is 22.7 Å². The van der Waals surface area contributed by atoms with Crippen LogP contribution in [0.15, 0.2) is 45.3 Å². The van der Waals surface area contributed by atoms with E-state index in [9.17, 15) is 4.79 Å². The molecule has 0 radical (unpaired) electrons. The number of nitrogens with zero attached hydrogens (tertiary/aromatic N) is 2. The van der Waals surface area contributed by atoms with E-state index in [-0.39, 0.29) is 5.78 Å². The zero-order valence-electron chi connectivity index (χ0n) is 14.5. The van der Waals surface area contributed by atoms with Gasteiger partial charge in [0.25, 0.3) is 0 Å². The number of carbonyl (C=O) groups excluding carboxylic acids is 1. The van der Waals surface area contributed by atoms with Gasteiger partial charge in [0.05, 0.1) is 0 Å². The maximum Gasteiger partial charge on any atom is 0.172 e. The summed E-state index contributed by atoms with van der Waals surface area (Å²) in [4.78, 5) is 16.1. The van der Waals surface area contributed by atoms with Gasteiger partial charge in [-0.3, -0.25) is 4.79 Å². The first-order chi connectivity index (χ1) is 11.4. The molecule has 0 saturated carbocycles. The van der Waals surface area contributed by atoms with E-state index in [0.29, 0.717) is 13.1 Å². The predicted molar refractivity (Wildman–Crippen MR) is 98.4 cm³/mol. The summed E-state index contributed by atoms with van der Waals surface area (Å²) in [5.41, 5.74) is 1.41. The molecule has 1 aromatic carbocycles. The fourth-order valence-electron chi connectivity index (χ4n) is 2.99. The Hall–Kier alpha value is -2.01. The number of thioether (sulfide) groups is 1. The molecule has 2 heterocycles. The predicted octanol–water partition coefficient (Wildman–Crippen LogP) is 4.20. The van der Waals surface area contributed by atoms with Crippen LogP contribution in [0.1, 0.15) is 25.2 Å². The molecule has 0 spiro atoms. The second-order valence-corrected chi connectivity index (χ2v) is 7.69. The van der Waals surface area contributed by atoms with Gasteiger partial charge >= 0.3 is 0 Å². The van der Waals surface area contributed by atoms with Crippen molar-refractivity contribution < 1.29 is 9.32 Å². The highest BCUT2D eigenvalue weighted by atomic mass is 32.2. The first-order valence-corrected chi connectivity index (χ1v) is 9.19. The van der Waals surface area contributed by atoms with Gasteiger partial charge in [0, 0.05) is 35.0 Å². The number of ketones is 1. The van der Waals surface area contributed by atoms with Crippen LogP contribution in [0.3, 0.4) is 0 Å². The molecule has 24 heavy (non-hydrogen) atoms. The minimum Gasteiger partial charge on any atom is -0.360 e.